The molecule has 1 aliphatic rings. The first kappa shape index (κ1) is 15.7. The van der Waals surface area contributed by atoms with Gasteiger partial charge in [-0.3, -0.25) is 4.68 Å². The van der Waals surface area contributed by atoms with Gasteiger partial charge in [0.1, 0.15) is 6.10 Å². The number of aromatic nitrogens is 2. The van der Waals surface area contributed by atoms with Crippen molar-refractivity contribution in [2.24, 2.45) is 7.05 Å². The average molecular weight is 302 g/mol. The first-order valence-electron chi connectivity index (χ1n) is 6.95. The number of nitrogens with one attached hydrogen (secondary N) is 1. The highest BCUT2D eigenvalue weighted by Gasteiger charge is 2.30. The highest BCUT2D eigenvalue weighted by Crippen LogP contribution is 2.13. The lowest BCUT2D eigenvalue weighted by Gasteiger charge is -2.32. The SMILES string of the molecule is CCc1nn(C)cc1CNC(=O)N1CCOC(C(F)F)C1. The maximum absolute atomic E-state index is 12.6. The van der Waals surface area contributed by atoms with Gasteiger partial charge in [0.15, 0.2) is 0 Å². The van der Waals surface area contributed by atoms with Gasteiger partial charge >= 0.3 is 6.03 Å². The van der Waals surface area contributed by atoms with Crippen molar-refractivity contribution in [1.29, 1.82) is 0 Å². The van der Waals surface area contributed by atoms with Crippen LogP contribution in [0.1, 0.15) is 18.2 Å². The van der Waals surface area contributed by atoms with Crippen molar-refractivity contribution in [3.8, 4) is 0 Å². The van der Waals surface area contributed by atoms with E-state index in [9.17, 15) is 13.6 Å². The van der Waals surface area contributed by atoms with Crippen LogP contribution in [0.25, 0.3) is 0 Å². The van der Waals surface area contributed by atoms with Gasteiger partial charge in [-0.1, -0.05) is 6.92 Å². The van der Waals surface area contributed by atoms with Crippen molar-refractivity contribution >= 4 is 6.03 Å². The van der Waals surface area contributed by atoms with E-state index in [0.29, 0.717) is 13.1 Å². The summed E-state index contributed by atoms with van der Waals surface area (Å²) >= 11 is 0. The van der Waals surface area contributed by atoms with Gasteiger partial charge in [-0.2, -0.15) is 5.10 Å². The average Bonchev–Trinajstić information content (AvgIpc) is 2.85. The third-order valence-corrected chi connectivity index (χ3v) is 3.42. The molecule has 2 amide bonds. The molecular weight excluding hydrogens is 282 g/mol. The molecule has 8 heteroatoms. The predicted octanol–water partition coefficient (Wildman–Crippen LogP) is 1.16. The monoisotopic (exact) mass is 302 g/mol. The summed E-state index contributed by atoms with van der Waals surface area (Å²) in [4.78, 5) is 13.4. The lowest BCUT2D eigenvalue weighted by molar-refractivity contribution is -0.0925. The molecule has 0 aliphatic carbocycles. The number of hydrogen-bond donors (Lipinski definition) is 1. The molecule has 1 atom stereocenters. The molecule has 1 aromatic heterocycles. The molecule has 2 heterocycles. The van der Waals surface area contributed by atoms with Crippen LogP contribution in [-0.2, 0) is 24.8 Å². The van der Waals surface area contributed by atoms with Crippen molar-refractivity contribution in [2.45, 2.75) is 32.4 Å². The molecular formula is C13H20F2N4O2. The van der Waals surface area contributed by atoms with Crippen LogP contribution in [0, 0.1) is 0 Å². The Bertz CT molecular complexity index is 493. The highest BCUT2D eigenvalue weighted by atomic mass is 19.3. The Morgan fingerprint density at radius 3 is 3.05 bits per heavy atom. The van der Waals surface area contributed by atoms with Crippen LogP contribution in [0.3, 0.4) is 0 Å². The smallest absolute Gasteiger partial charge is 0.317 e. The van der Waals surface area contributed by atoms with Gasteiger partial charge in [0.25, 0.3) is 6.43 Å². The lowest BCUT2D eigenvalue weighted by atomic mass is 10.2. The number of nitrogens with zero attached hydrogens (tertiary/aromatic N) is 3. The first-order chi connectivity index (χ1) is 10.0. The number of rotatable bonds is 4. The second-order valence-electron chi connectivity index (χ2n) is 4.98. The van der Waals surface area contributed by atoms with E-state index >= 15 is 0 Å². The second kappa shape index (κ2) is 6.84. The topological polar surface area (TPSA) is 59.4 Å². The summed E-state index contributed by atoms with van der Waals surface area (Å²) in [6.07, 6.45) is -1.16. The van der Waals surface area contributed by atoms with E-state index in [1.807, 2.05) is 20.2 Å². The Labute approximate surface area is 122 Å². The summed E-state index contributed by atoms with van der Waals surface area (Å²) in [5.74, 6) is 0. The van der Waals surface area contributed by atoms with Crippen molar-refractivity contribution in [2.75, 3.05) is 19.7 Å². The van der Waals surface area contributed by atoms with Crippen molar-refractivity contribution in [1.82, 2.24) is 20.0 Å². The Balaban J connectivity index is 1.89. The number of ether oxygens (including phenoxy) is 1. The molecule has 1 aromatic rings. The summed E-state index contributed by atoms with van der Waals surface area (Å²) in [5.41, 5.74) is 1.86. The minimum Gasteiger partial charge on any atom is -0.369 e. The van der Waals surface area contributed by atoms with E-state index in [0.717, 1.165) is 17.7 Å². The maximum Gasteiger partial charge on any atom is 0.317 e. The maximum atomic E-state index is 12.6. The van der Waals surface area contributed by atoms with Gasteiger partial charge in [0, 0.05) is 31.9 Å². The number of aryl methyl sites for hydroxylation is 2. The standard InChI is InChI=1S/C13H20F2N4O2/c1-3-10-9(7-18(2)17-10)6-16-13(20)19-4-5-21-11(8-19)12(14)15/h7,11-12H,3-6,8H2,1-2H3,(H,16,20). The molecule has 0 saturated carbocycles. The van der Waals surface area contributed by atoms with Crippen molar-refractivity contribution < 1.29 is 18.3 Å². The fourth-order valence-electron chi connectivity index (χ4n) is 2.32. The fourth-order valence-corrected chi connectivity index (χ4v) is 2.32. The second-order valence-corrected chi connectivity index (χ2v) is 4.98. The Hall–Kier alpha value is -1.70. The molecule has 2 rings (SSSR count). The van der Waals surface area contributed by atoms with E-state index in [2.05, 4.69) is 10.4 Å². The molecule has 0 radical (unpaired) electrons. The number of morpholine rings is 1. The molecule has 1 saturated heterocycles. The first-order valence-corrected chi connectivity index (χ1v) is 6.95. The fraction of sp³-hybridized carbons (Fsp3) is 0.692. The molecule has 0 spiro atoms. The minimum atomic E-state index is -2.58. The van der Waals surface area contributed by atoms with Crippen molar-refractivity contribution in [3.63, 3.8) is 0 Å². The zero-order chi connectivity index (χ0) is 15.4. The molecule has 1 N–H and O–H groups in total. The van der Waals surface area contributed by atoms with E-state index in [1.54, 1.807) is 4.68 Å². The summed E-state index contributed by atoms with van der Waals surface area (Å²) in [6.45, 7) is 2.70. The number of carbonyl (C=O) groups excluding carboxylic acids is 1. The lowest BCUT2D eigenvalue weighted by Crippen LogP contribution is -2.51. The number of urea groups is 1. The van der Waals surface area contributed by atoms with Crippen molar-refractivity contribution in [3.05, 3.63) is 17.5 Å². The van der Waals surface area contributed by atoms with Gasteiger partial charge in [-0.05, 0) is 6.42 Å². The van der Waals surface area contributed by atoms with Gasteiger partial charge in [0.2, 0.25) is 0 Å². The van der Waals surface area contributed by atoms with Crippen LogP contribution in [0.4, 0.5) is 13.6 Å². The quantitative estimate of drug-likeness (QED) is 0.908. The van der Waals surface area contributed by atoms with Gasteiger partial charge in [-0.15, -0.1) is 0 Å². The molecule has 21 heavy (non-hydrogen) atoms. The molecule has 0 aromatic carbocycles. The number of amides is 2. The van der Waals surface area contributed by atoms with Crippen LogP contribution in [-0.4, -0.2) is 52.9 Å². The Morgan fingerprint density at radius 1 is 1.62 bits per heavy atom. The van der Waals surface area contributed by atoms with E-state index in [-0.39, 0.29) is 19.2 Å². The molecule has 6 nitrogen and oxygen atoms in total. The third-order valence-electron chi connectivity index (χ3n) is 3.42. The van der Waals surface area contributed by atoms with Crippen LogP contribution in [0.2, 0.25) is 0 Å². The van der Waals surface area contributed by atoms with E-state index in [4.69, 9.17) is 4.74 Å². The summed E-state index contributed by atoms with van der Waals surface area (Å²) in [6, 6.07) is -0.352. The summed E-state index contributed by atoms with van der Waals surface area (Å²) in [7, 11) is 1.82. The largest absolute Gasteiger partial charge is 0.369 e. The Kier molecular flexibility index (Phi) is 5.11. The number of hydrogen-bond acceptors (Lipinski definition) is 3. The number of halogens is 2. The molecule has 1 aliphatic heterocycles. The minimum absolute atomic E-state index is 0.0861. The van der Waals surface area contributed by atoms with Crippen LogP contribution in [0.5, 0.6) is 0 Å². The summed E-state index contributed by atoms with van der Waals surface area (Å²) in [5, 5.41) is 7.04. The normalized spacial score (nSPS) is 19.1. The number of alkyl halides is 2. The zero-order valence-corrected chi connectivity index (χ0v) is 12.2. The molecule has 118 valence electrons. The van der Waals surface area contributed by atoms with E-state index in [1.165, 1.54) is 4.90 Å². The van der Waals surface area contributed by atoms with E-state index < -0.39 is 12.5 Å². The molecule has 1 unspecified atom stereocenters. The van der Waals surface area contributed by atoms with Gasteiger partial charge < -0.3 is 15.0 Å². The molecule has 0 bridgehead atoms. The Morgan fingerprint density at radius 2 is 2.38 bits per heavy atom. The highest BCUT2D eigenvalue weighted by molar-refractivity contribution is 5.74. The summed E-state index contributed by atoms with van der Waals surface area (Å²) < 4.78 is 31.9. The van der Waals surface area contributed by atoms with Crippen LogP contribution >= 0.6 is 0 Å². The van der Waals surface area contributed by atoms with Gasteiger partial charge in [0.05, 0.1) is 18.8 Å². The van der Waals surface area contributed by atoms with Crippen LogP contribution < -0.4 is 5.32 Å². The van der Waals surface area contributed by atoms with Crippen LogP contribution in [0.15, 0.2) is 6.20 Å². The zero-order valence-electron chi connectivity index (χ0n) is 12.2. The van der Waals surface area contributed by atoms with Gasteiger partial charge in [-0.25, -0.2) is 13.6 Å². The third kappa shape index (κ3) is 3.90. The predicted molar refractivity (Wildman–Crippen MR) is 72.1 cm³/mol. The molecule has 1 fully saturated rings. The number of carbonyl (C=O) groups is 1.